The highest BCUT2D eigenvalue weighted by Crippen LogP contribution is 2.34. The Kier molecular flexibility index (Phi) is 9.03. The highest BCUT2D eigenvalue weighted by molar-refractivity contribution is 7.86. The van der Waals surface area contributed by atoms with Crippen LogP contribution in [0.1, 0.15) is 12.1 Å². The van der Waals surface area contributed by atoms with Gasteiger partial charge in [0.05, 0.1) is 54.5 Å². The first-order chi connectivity index (χ1) is 22.9. The number of hydrogen-bond acceptors (Lipinski definition) is 12. The predicted molar refractivity (Wildman–Crippen MR) is 164 cm³/mol. The van der Waals surface area contributed by atoms with Gasteiger partial charge in [0, 0.05) is 44.2 Å². The highest BCUT2D eigenvalue weighted by atomic mass is 32.2. The Hall–Kier alpha value is -4.72. The van der Waals surface area contributed by atoms with Crippen molar-refractivity contribution in [2.75, 3.05) is 52.3 Å². The van der Waals surface area contributed by atoms with Crippen molar-refractivity contribution in [3.05, 3.63) is 69.0 Å². The molecule has 3 aliphatic heterocycles. The fraction of sp³-hybridized carbons (Fsp3) is 0.414. The van der Waals surface area contributed by atoms with Crippen molar-refractivity contribution >= 4 is 38.3 Å². The van der Waals surface area contributed by atoms with Crippen molar-refractivity contribution in [2.45, 2.75) is 18.2 Å². The molecule has 16 nitrogen and oxygen atoms in total. The van der Waals surface area contributed by atoms with Crippen molar-refractivity contribution < 1.29 is 45.9 Å². The molecule has 3 aliphatic rings. The summed E-state index contributed by atoms with van der Waals surface area (Å²) in [5, 5.41) is 21.2. The van der Waals surface area contributed by atoms with Gasteiger partial charge in [-0.05, 0) is 12.1 Å². The molecule has 0 aromatic carbocycles. The van der Waals surface area contributed by atoms with Gasteiger partial charge in [0.1, 0.15) is 24.2 Å². The lowest BCUT2D eigenvalue weighted by Crippen LogP contribution is -2.40. The van der Waals surface area contributed by atoms with Gasteiger partial charge in [-0.25, -0.2) is 13.6 Å². The number of hydrogen-bond donors (Lipinski definition) is 3. The van der Waals surface area contributed by atoms with Crippen LogP contribution in [0, 0.1) is 17.6 Å². The van der Waals surface area contributed by atoms with Gasteiger partial charge in [0.25, 0.3) is 21.2 Å². The van der Waals surface area contributed by atoms with Crippen LogP contribution in [-0.4, -0.2) is 107 Å². The average Bonchev–Trinajstić information content (AvgIpc) is 3.41. The van der Waals surface area contributed by atoms with E-state index in [0.29, 0.717) is 36.2 Å². The Morgan fingerprint density at radius 3 is 2.04 bits per heavy atom. The number of halogens is 2. The highest BCUT2D eigenvalue weighted by Gasteiger charge is 2.35. The molecule has 4 aromatic heterocycles. The Morgan fingerprint density at radius 1 is 0.958 bits per heavy atom. The van der Waals surface area contributed by atoms with E-state index in [-0.39, 0.29) is 54.3 Å². The molecule has 1 saturated heterocycles. The van der Waals surface area contributed by atoms with E-state index in [1.54, 1.807) is 0 Å². The van der Waals surface area contributed by atoms with E-state index in [2.05, 4.69) is 19.5 Å². The lowest BCUT2D eigenvalue weighted by atomic mass is 10.1. The molecule has 7 heterocycles. The number of rotatable bonds is 7. The molecule has 256 valence electrons. The number of amides is 1. The van der Waals surface area contributed by atoms with Gasteiger partial charge >= 0.3 is 6.09 Å². The fourth-order valence-corrected chi connectivity index (χ4v) is 7.07. The Bertz CT molecular complexity index is 2130. The summed E-state index contributed by atoms with van der Waals surface area (Å²) in [4.78, 5) is 45.0. The SMILES string of the molecule is COS(=O)(=O)C[C@@H]1COc2c(F)cnc3ccc(=O)n1c23.O=C(O)NC[C@H]1CN(C[C@@H]2COc3c(F)cnc4ccc(=O)n2c34)C[C@H]1O. The zero-order valence-corrected chi connectivity index (χ0v) is 26.1. The second-order valence-corrected chi connectivity index (χ2v) is 13.3. The first-order valence-electron chi connectivity index (χ1n) is 14.7. The Morgan fingerprint density at radius 2 is 1.50 bits per heavy atom. The number of aliphatic hydroxyl groups is 1. The van der Waals surface area contributed by atoms with E-state index < -0.39 is 51.3 Å². The van der Waals surface area contributed by atoms with Crippen LogP contribution in [-0.2, 0) is 14.3 Å². The molecular weight excluding hydrogens is 662 g/mol. The lowest BCUT2D eigenvalue weighted by Gasteiger charge is -2.30. The fourth-order valence-electron chi connectivity index (χ4n) is 6.22. The van der Waals surface area contributed by atoms with E-state index in [0.717, 1.165) is 19.5 Å². The van der Waals surface area contributed by atoms with Crippen molar-refractivity contribution in [2.24, 2.45) is 5.92 Å². The summed E-state index contributed by atoms with van der Waals surface area (Å²) in [6, 6.07) is 4.46. The first-order valence-corrected chi connectivity index (χ1v) is 16.2. The molecule has 1 amide bonds. The van der Waals surface area contributed by atoms with Gasteiger partial charge in [0.2, 0.25) is 0 Å². The number of pyridine rings is 4. The van der Waals surface area contributed by atoms with Crippen LogP contribution in [0.2, 0.25) is 0 Å². The largest absolute Gasteiger partial charge is 0.486 e. The number of β-amino-alcohol motifs (C(OH)–C–C–N with tert-alkyl or cyclic N) is 1. The molecule has 4 aromatic rings. The number of aliphatic hydroxyl groups excluding tert-OH is 1. The molecule has 19 heteroatoms. The van der Waals surface area contributed by atoms with Gasteiger partial charge in [0.15, 0.2) is 23.1 Å². The number of carboxylic acid groups (broad SMARTS) is 1. The lowest BCUT2D eigenvalue weighted by molar-refractivity contribution is 0.133. The maximum atomic E-state index is 14.0. The molecule has 3 N–H and O–H groups in total. The van der Waals surface area contributed by atoms with E-state index in [4.69, 9.17) is 14.6 Å². The van der Waals surface area contributed by atoms with E-state index >= 15 is 0 Å². The zero-order chi connectivity index (χ0) is 34.3. The monoisotopic (exact) mass is 692 g/mol. The average molecular weight is 693 g/mol. The van der Waals surface area contributed by atoms with Crippen molar-refractivity contribution in [1.29, 1.82) is 0 Å². The number of ether oxygens (including phenoxy) is 2. The van der Waals surface area contributed by atoms with E-state index in [9.17, 15) is 36.7 Å². The quantitative estimate of drug-likeness (QED) is 0.226. The summed E-state index contributed by atoms with van der Waals surface area (Å²) in [6.45, 7) is 1.39. The van der Waals surface area contributed by atoms with Gasteiger partial charge in [-0.15, -0.1) is 0 Å². The molecular formula is C29H30F2N6O10S. The molecule has 0 aliphatic carbocycles. The Labute approximate surface area is 270 Å². The zero-order valence-electron chi connectivity index (χ0n) is 25.3. The van der Waals surface area contributed by atoms with Crippen molar-refractivity contribution in [3.63, 3.8) is 0 Å². The molecule has 7 rings (SSSR count). The van der Waals surface area contributed by atoms with E-state index in [1.807, 2.05) is 4.90 Å². The van der Waals surface area contributed by atoms with E-state index in [1.165, 1.54) is 33.4 Å². The molecule has 0 radical (unpaired) electrons. The molecule has 4 atom stereocenters. The summed E-state index contributed by atoms with van der Waals surface area (Å²) in [5.74, 6) is -2.06. The molecule has 0 saturated carbocycles. The van der Waals surface area contributed by atoms with Crippen LogP contribution in [0.15, 0.2) is 46.2 Å². The van der Waals surface area contributed by atoms with Crippen LogP contribution < -0.4 is 25.9 Å². The summed E-state index contributed by atoms with van der Waals surface area (Å²) < 4.78 is 69.0. The van der Waals surface area contributed by atoms with Gasteiger partial charge in [-0.2, -0.15) is 8.42 Å². The summed E-state index contributed by atoms with van der Waals surface area (Å²) >= 11 is 0. The normalized spacial score (nSPS) is 21.7. The third-order valence-electron chi connectivity index (χ3n) is 8.39. The maximum Gasteiger partial charge on any atom is 0.404 e. The molecule has 0 spiro atoms. The summed E-state index contributed by atoms with van der Waals surface area (Å²) in [7, 11) is -2.76. The first kappa shape index (κ1) is 33.2. The van der Waals surface area contributed by atoms with Crippen molar-refractivity contribution in [1.82, 2.24) is 29.3 Å². The predicted octanol–water partition coefficient (Wildman–Crippen LogP) is 0.475. The maximum absolute atomic E-state index is 14.0. The van der Waals surface area contributed by atoms with Crippen LogP contribution in [0.4, 0.5) is 13.6 Å². The van der Waals surface area contributed by atoms with Crippen LogP contribution >= 0.6 is 0 Å². The number of aromatic nitrogens is 4. The molecule has 0 bridgehead atoms. The summed E-state index contributed by atoms with van der Waals surface area (Å²) in [5.41, 5.74) is 0.600. The second kappa shape index (κ2) is 13.1. The standard InChI is InChI=1S/C17H19FN4O5.C12H11FN2O5S/c18-11-4-19-12-1-2-14(24)22-10(8-27-16(11)15(12)22)6-21-5-9(13(23)7-21)3-20-17(25)26;1-19-21(17,18)6-7-5-20-12-8(13)4-14-9-2-3-10(16)15(7)11(9)12/h1-2,4,9-10,13,20,23H,3,5-8H2,(H,25,26);2-4,7H,5-6H2,1H3/t9-,10+,13+;7-/m00/s1. The third-order valence-corrected chi connectivity index (χ3v) is 9.70. The topological polar surface area (TPSA) is 204 Å². The van der Waals surface area contributed by atoms with Gasteiger partial charge in [-0.1, -0.05) is 0 Å². The smallest absolute Gasteiger partial charge is 0.404 e. The minimum Gasteiger partial charge on any atom is -0.486 e. The number of carbonyl (C=O) groups is 1. The third kappa shape index (κ3) is 6.40. The van der Waals surface area contributed by atoms with Crippen LogP contribution in [0.3, 0.4) is 0 Å². The van der Waals surface area contributed by atoms with Crippen LogP contribution in [0.25, 0.3) is 22.1 Å². The van der Waals surface area contributed by atoms with Crippen molar-refractivity contribution in [3.8, 4) is 11.5 Å². The molecule has 48 heavy (non-hydrogen) atoms. The minimum absolute atomic E-state index is 0.0268. The Balaban J connectivity index is 0.000000173. The van der Waals surface area contributed by atoms with Gasteiger partial charge in [-0.3, -0.25) is 37.8 Å². The molecule has 1 fully saturated rings. The minimum atomic E-state index is -3.80. The number of likely N-dealkylation sites (tertiary alicyclic amines) is 1. The number of nitrogens with one attached hydrogen (secondary N) is 1. The van der Waals surface area contributed by atoms with Gasteiger partial charge < -0.3 is 25.0 Å². The molecule has 0 unspecified atom stereocenters. The second-order valence-electron chi connectivity index (χ2n) is 11.5. The number of nitrogens with zero attached hydrogens (tertiary/aromatic N) is 5. The van der Waals surface area contributed by atoms with Crippen LogP contribution in [0.5, 0.6) is 11.5 Å². The summed E-state index contributed by atoms with van der Waals surface area (Å²) in [6.07, 6.45) is 0.272.